The van der Waals surface area contributed by atoms with Crippen LogP contribution in [0.3, 0.4) is 0 Å². The molecule has 188 valence electrons. The number of nitrogens with one attached hydrogen (secondary N) is 1. The minimum atomic E-state index is -4.90. The van der Waals surface area contributed by atoms with Crippen LogP contribution < -0.4 is 4.72 Å². The standard InChI is InChI=1S/C24H24F4N2O4S/c25-17-10-16(11-18(26)12-17)15-3-1-2-14(8-15)9-19-21(29-35(32,33)23(27)28)24(5-6-24)13-30(19)22(31)20-4-7-34-20/h1-3,8,10-12,19-21,23,29H,4-7,9,13H2/t19-,20?,21+/m0/s1. The fourth-order valence-electron chi connectivity index (χ4n) is 5.13. The van der Waals surface area contributed by atoms with Crippen LogP contribution in [0.1, 0.15) is 24.8 Å². The third-order valence-corrected chi connectivity index (χ3v) is 8.23. The van der Waals surface area contributed by atoms with Gasteiger partial charge in [-0.05, 0) is 48.1 Å². The predicted molar refractivity (Wildman–Crippen MR) is 119 cm³/mol. The summed E-state index contributed by atoms with van der Waals surface area (Å²) in [5.74, 6) is -5.33. The fourth-order valence-corrected chi connectivity index (χ4v) is 5.99. The van der Waals surface area contributed by atoms with Gasteiger partial charge in [0.05, 0.1) is 12.6 Å². The average molecular weight is 513 g/mol. The monoisotopic (exact) mass is 512 g/mol. The quantitative estimate of drug-likeness (QED) is 0.577. The first kappa shape index (κ1) is 24.2. The predicted octanol–water partition coefficient (Wildman–Crippen LogP) is 3.46. The number of alkyl halides is 2. The van der Waals surface area contributed by atoms with Gasteiger partial charge in [0, 0.05) is 30.5 Å². The van der Waals surface area contributed by atoms with Gasteiger partial charge >= 0.3 is 5.76 Å². The summed E-state index contributed by atoms with van der Waals surface area (Å²) >= 11 is 0. The van der Waals surface area contributed by atoms with Crippen LogP contribution in [0.25, 0.3) is 11.1 Å². The van der Waals surface area contributed by atoms with Gasteiger partial charge in [0.25, 0.3) is 15.9 Å². The van der Waals surface area contributed by atoms with Crippen molar-refractivity contribution in [1.29, 1.82) is 0 Å². The number of nitrogens with zero attached hydrogens (tertiary/aromatic N) is 1. The SMILES string of the molecule is O=C(C1CCO1)N1CC2(CC2)[C@H](NS(=O)(=O)C(F)F)[C@@H]1Cc1cccc(-c2cc(F)cc(F)c2)c1. The lowest BCUT2D eigenvalue weighted by Gasteiger charge is -2.34. The van der Waals surface area contributed by atoms with Crippen molar-refractivity contribution in [2.45, 2.75) is 49.6 Å². The van der Waals surface area contributed by atoms with E-state index in [0.717, 1.165) is 6.07 Å². The summed E-state index contributed by atoms with van der Waals surface area (Å²) < 4.78 is 85.7. The van der Waals surface area contributed by atoms with Crippen LogP contribution >= 0.6 is 0 Å². The first-order chi connectivity index (χ1) is 16.6. The largest absolute Gasteiger partial charge is 0.368 e. The highest BCUT2D eigenvalue weighted by atomic mass is 32.2. The van der Waals surface area contributed by atoms with E-state index in [4.69, 9.17) is 4.74 Å². The minimum absolute atomic E-state index is 0.169. The lowest BCUT2D eigenvalue weighted by molar-refractivity contribution is -0.157. The van der Waals surface area contributed by atoms with Gasteiger partial charge in [-0.1, -0.05) is 24.3 Å². The average Bonchev–Trinajstić information content (AvgIpc) is 3.47. The first-order valence-corrected chi connectivity index (χ1v) is 12.9. The number of likely N-dealkylation sites (tertiary alicyclic amines) is 1. The smallest absolute Gasteiger partial charge is 0.350 e. The number of sulfonamides is 1. The van der Waals surface area contributed by atoms with Crippen LogP contribution in [0.5, 0.6) is 0 Å². The molecule has 2 aromatic rings. The number of benzene rings is 2. The van der Waals surface area contributed by atoms with E-state index in [1.165, 1.54) is 12.1 Å². The number of carbonyl (C=O) groups excluding carboxylic acids is 1. The molecule has 2 heterocycles. The molecule has 3 aliphatic rings. The molecule has 0 aromatic heterocycles. The van der Waals surface area contributed by atoms with Crippen LogP contribution in [0.15, 0.2) is 42.5 Å². The molecule has 1 aliphatic carbocycles. The zero-order valence-electron chi connectivity index (χ0n) is 18.6. The van der Waals surface area contributed by atoms with E-state index in [1.54, 1.807) is 29.2 Å². The number of ether oxygens (including phenoxy) is 1. The third kappa shape index (κ3) is 4.68. The number of halogens is 4. The van der Waals surface area contributed by atoms with Crippen molar-refractivity contribution >= 4 is 15.9 Å². The first-order valence-electron chi connectivity index (χ1n) is 11.3. The summed E-state index contributed by atoms with van der Waals surface area (Å²) in [7, 11) is -4.90. The van der Waals surface area contributed by atoms with E-state index in [0.29, 0.717) is 42.6 Å². The maximum Gasteiger partial charge on any atom is 0.350 e. The molecule has 11 heteroatoms. The Bertz CT molecular complexity index is 1230. The molecule has 0 radical (unpaired) electrons. The molecule has 35 heavy (non-hydrogen) atoms. The second-order valence-electron chi connectivity index (χ2n) is 9.51. The van der Waals surface area contributed by atoms with Crippen molar-refractivity contribution in [2.75, 3.05) is 13.2 Å². The maximum absolute atomic E-state index is 13.7. The third-order valence-electron chi connectivity index (χ3n) is 7.17. The van der Waals surface area contributed by atoms with Gasteiger partial charge < -0.3 is 9.64 Å². The van der Waals surface area contributed by atoms with E-state index >= 15 is 0 Å². The molecule has 1 unspecified atom stereocenters. The molecule has 3 atom stereocenters. The Hall–Kier alpha value is -2.50. The molecule has 2 saturated heterocycles. The molecule has 2 aromatic carbocycles. The van der Waals surface area contributed by atoms with Crippen molar-refractivity contribution in [3.63, 3.8) is 0 Å². The number of amides is 1. The van der Waals surface area contributed by atoms with Crippen molar-refractivity contribution in [3.05, 3.63) is 59.7 Å². The summed E-state index contributed by atoms with van der Waals surface area (Å²) in [6.45, 7) is 0.704. The van der Waals surface area contributed by atoms with Crippen molar-refractivity contribution in [1.82, 2.24) is 9.62 Å². The lowest BCUT2D eigenvalue weighted by Crippen LogP contribution is -2.53. The molecule has 1 spiro atoms. The molecule has 1 saturated carbocycles. The van der Waals surface area contributed by atoms with Gasteiger partial charge in [0.2, 0.25) is 0 Å². The van der Waals surface area contributed by atoms with Gasteiger partial charge in [-0.15, -0.1) is 0 Å². The highest BCUT2D eigenvalue weighted by molar-refractivity contribution is 7.89. The summed E-state index contributed by atoms with van der Waals surface area (Å²) in [6, 6.07) is 8.37. The van der Waals surface area contributed by atoms with Crippen LogP contribution in [0.2, 0.25) is 0 Å². The van der Waals surface area contributed by atoms with E-state index in [9.17, 15) is 30.8 Å². The topological polar surface area (TPSA) is 75.7 Å². The molecule has 5 rings (SSSR count). The van der Waals surface area contributed by atoms with Crippen LogP contribution in [-0.4, -0.2) is 56.3 Å². The van der Waals surface area contributed by atoms with Gasteiger partial charge in [-0.3, -0.25) is 4.79 Å². The molecule has 6 nitrogen and oxygen atoms in total. The van der Waals surface area contributed by atoms with E-state index in [2.05, 4.69) is 4.72 Å². The molecule has 1 N–H and O–H groups in total. The van der Waals surface area contributed by atoms with Crippen molar-refractivity contribution in [2.24, 2.45) is 5.41 Å². The summed E-state index contributed by atoms with van der Waals surface area (Å²) in [4.78, 5) is 14.7. The van der Waals surface area contributed by atoms with Crippen molar-refractivity contribution in [3.8, 4) is 11.1 Å². The van der Waals surface area contributed by atoms with Crippen LogP contribution in [0.4, 0.5) is 17.6 Å². The maximum atomic E-state index is 13.7. The second kappa shape index (κ2) is 8.86. The lowest BCUT2D eigenvalue weighted by atomic mass is 9.91. The Labute approximate surface area is 200 Å². The van der Waals surface area contributed by atoms with Crippen molar-refractivity contribution < 1.29 is 35.5 Å². The normalized spacial score (nSPS) is 25.2. The Balaban J connectivity index is 1.48. The highest BCUT2D eigenvalue weighted by Gasteiger charge is 2.62. The zero-order chi connectivity index (χ0) is 25.0. The fraction of sp³-hybridized carbons (Fsp3) is 0.458. The Morgan fingerprint density at radius 1 is 1.11 bits per heavy atom. The van der Waals surface area contributed by atoms with E-state index in [1.807, 2.05) is 0 Å². The minimum Gasteiger partial charge on any atom is -0.368 e. The zero-order valence-corrected chi connectivity index (χ0v) is 19.4. The van der Waals surface area contributed by atoms with E-state index in [-0.39, 0.29) is 18.9 Å². The molecular formula is C24H24F4N2O4S. The molecule has 0 bridgehead atoms. The van der Waals surface area contributed by atoms with E-state index < -0.39 is 51.0 Å². The second-order valence-corrected chi connectivity index (χ2v) is 11.2. The molecule has 3 fully saturated rings. The van der Waals surface area contributed by atoms with Gasteiger partial charge in [-0.25, -0.2) is 21.9 Å². The van der Waals surface area contributed by atoms with Gasteiger partial charge in [0.15, 0.2) is 0 Å². The number of hydrogen-bond acceptors (Lipinski definition) is 4. The molecule has 1 amide bonds. The Kier molecular flexibility index (Phi) is 6.13. The number of rotatable bonds is 7. The highest BCUT2D eigenvalue weighted by Crippen LogP contribution is 2.56. The Morgan fingerprint density at radius 2 is 1.80 bits per heavy atom. The molecule has 2 aliphatic heterocycles. The van der Waals surface area contributed by atoms with Gasteiger partial charge in [-0.2, -0.15) is 8.78 Å². The summed E-state index contributed by atoms with van der Waals surface area (Å²) in [5.41, 5.74) is 0.920. The summed E-state index contributed by atoms with van der Waals surface area (Å²) in [5, 5.41) is 0. The number of carbonyl (C=O) groups is 1. The number of hydrogen-bond donors (Lipinski definition) is 1. The van der Waals surface area contributed by atoms with Gasteiger partial charge in [0.1, 0.15) is 17.7 Å². The Morgan fingerprint density at radius 3 is 2.37 bits per heavy atom. The summed E-state index contributed by atoms with van der Waals surface area (Å²) in [6.07, 6.45) is 1.31. The van der Waals surface area contributed by atoms with Crippen LogP contribution in [-0.2, 0) is 26.0 Å². The van der Waals surface area contributed by atoms with Crippen LogP contribution in [0, 0.1) is 17.0 Å². The molecular weight excluding hydrogens is 488 g/mol.